The minimum Gasteiger partial charge on any atom is -0.481 e. The summed E-state index contributed by atoms with van der Waals surface area (Å²) in [5.74, 6) is 0.474. The van der Waals surface area contributed by atoms with Crippen molar-refractivity contribution in [3.05, 3.63) is 58.6 Å². The van der Waals surface area contributed by atoms with E-state index in [9.17, 15) is 4.79 Å². The van der Waals surface area contributed by atoms with Crippen molar-refractivity contribution in [3.8, 4) is 5.75 Å². The van der Waals surface area contributed by atoms with Crippen molar-refractivity contribution in [1.82, 2.24) is 0 Å². The number of benzene rings is 2. The van der Waals surface area contributed by atoms with Crippen LogP contribution in [-0.4, -0.2) is 12.0 Å². The maximum atomic E-state index is 12.1. The van der Waals surface area contributed by atoms with Gasteiger partial charge in [-0.2, -0.15) is 0 Å². The Morgan fingerprint density at radius 2 is 1.90 bits per heavy atom. The number of nitrogens with one attached hydrogen (secondary N) is 1. The van der Waals surface area contributed by atoms with Gasteiger partial charge in [0.15, 0.2) is 6.10 Å². The highest BCUT2D eigenvalue weighted by molar-refractivity contribution is 6.30. The summed E-state index contributed by atoms with van der Waals surface area (Å²) in [4.78, 5) is 12.1. The van der Waals surface area contributed by atoms with Gasteiger partial charge in [-0.25, -0.2) is 0 Å². The SMILES string of the molecule is Cc1ccc(O[C@H](C)C(=O)Nc2cccc(Cl)c2)cc1C. The second kappa shape index (κ2) is 6.64. The van der Waals surface area contributed by atoms with Gasteiger partial charge in [0, 0.05) is 10.7 Å². The molecule has 2 aromatic rings. The lowest BCUT2D eigenvalue weighted by atomic mass is 10.1. The normalized spacial score (nSPS) is 11.8. The second-order valence-electron chi connectivity index (χ2n) is 5.01. The van der Waals surface area contributed by atoms with E-state index in [1.54, 1.807) is 31.2 Å². The Morgan fingerprint density at radius 3 is 2.57 bits per heavy atom. The van der Waals surface area contributed by atoms with Gasteiger partial charge in [-0.3, -0.25) is 4.79 Å². The van der Waals surface area contributed by atoms with E-state index in [2.05, 4.69) is 5.32 Å². The third-order valence-electron chi connectivity index (χ3n) is 3.25. The Kier molecular flexibility index (Phi) is 4.86. The van der Waals surface area contributed by atoms with Crippen LogP contribution in [0, 0.1) is 13.8 Å². The number of halogens is 1. The molecule has 2 aromatic carbocycles. The van der Waals surface area contributed by atoms with Crippen LogP contribution >= 0.6 is 11.6 Å². The number of carbonyl (C=O) groups is 1. The lowest BCUT2D eigenvalue weighted by Gasteiger charge is -2.15. The summed E-state index contributed by atoms with van der Waals surface area (Å²) >= 11 is 5.89. The molecule has 110 valence electrons. The highest BCUT2D eigenvalue weighted by Crippen LogP contribution is 2.19. The maximum absolute atomic E-state index is 12.1. The standard InChI is InChI=1S/C17H18ClNO2/c1-11-7-8-16(9-12(11)2)21-13(3)17(20)19-15-6-4-5-14(18)10-15/h4-10,13H,1-3H3,(H,19,20)/t13-/m1/s1. The van der Waals surface area contributed by atoms with Crippen LogP contribution in [0.1, 0.15) is 18.1 Å². The van der Waals surface area contributed by atoms with Crippen LogP contribution in [0.4, 0.5) is 5.69 Å². The van der Waals surface area contributed by atoms with E-state index in [4.69, 9.17) is 16.3 Å². The number of aryl methyl sites for hydroxylation is 2. The Labute approximate surface area is 129 Å². The van der Waals surface area contributed by atoms with E-state index in [1.807, 2.05) is 32.0 Å². The van der Waals surface area contributed by atoms with E-state index >= 15 is 0 Å². The quantitative estimate of drug-likeness (QED) is 0.911. The number of hydrogen-bond donors (Lipinski definition) is 1. The van der Waals surface area contributed by atoms with Crippen molar-refractivity contribution < 1.29 is 9.53 Å². The largest absolute Gasteiger partial charge is 0.481 e. The molecular weight excluding hydrogens is 286 g/mol. The van der Waals surface area contributed by atoms with Crippen molar-refractivity contribution in [2.24, 2.45) is 0 Å². The minimum absolute atomic E-state index is 0.213. The lowest BCUT2D eigenvalue weighted by Crippen LogP contribution is -2.30. The molecule has 4 heteroatoms. The molecule has 0 saturated carbocycles. The summed E-state index contributed by atoms with van der Waals surface area (Å²) in [6, 6.07) is 12.8. The van der Waals surface area contributed by atoms with Crippen LogP contribution in [0.25, 0.3) is 0 Å². The van der Waals surface area contributed by atoms with E-state index < -0.39 is 6.10 Å². The molecule has 0 aromatic heterocycles. The Hall–Kier alpha value is -2.00. The molecule has 0 unspecified atom stereocenters. The molecule has 0 spiro atoms. The van der Waals surface area contributed by atoms with Crippen LogP contribution in [0.15, 0.2) is 42.5 Å². The van der Waals surface area contributed by atoms with Crippen molar-refractivity contribution in [2.75, 3.05) is 5.32 Å². The third kappa shape index (κ3) is 4.23. The molecule has 1 N–H and O–H groups in total. The zero-order valence-electron chi connectivity index (χ0n) is 12.3. The summed E-state index contributed by atoms with van der Waals surface area (Å²) in [5.41, 5.74) is 2.98. The first-order valence-corrected chi connectivity index (χ1v) is 7.14. The van der Waals surface area contributed by atoms with Gasteiger partial charge in [-0.1, -0.05) is 23.7 Å². The van der Waals surface area contributed by atoms with Crippen LogP contribution in [-0.2, 0) is 4.79 Å². The zero-order chi connectivity index (χ0) is 15.4. The lowest BCUT2D eigenvalue weighted by molar-refractivity contribution is -0.122. The fourth-order valence-electron chi connectivity index (χ4n) is 1.85. The van der Waals surface area contributed by atoms with Crippen molar-refractivity contribution in [2.45, 2.75) is 26.9 Å². The van der Waals surface area contributed by atoms with Gasteiger partial charge in [0.2, 0.25) is 0 Å². The zero-order valence-corrected chi connectivity index (χ0v) is 13.1. The average Bonchev–Trinajstić information content (AvgIpc) is 2.43. The van der Waals surface area contributed by atoms with E-state index in [-0.39, 0.29) is 5.91 Å². The average molecular weight is 304 g/mol. The van der Waals surface area contributed by atoms with Crippen LogP contribution in [0.2, 0.25) is 5.02 Å². The summed E-state index contributed by atoms with van der Waals surface area (Å²) < 4.78 is 5.67. The monoisotopic (exact) mass is 303 g/mol. The fraction of sp³-hybridized carbons (Fsp3) is 0.235. The number of hydrogen-bond acceptors (Lipinski definition) is 2. The smallest absolute Gasteiger partial charge is 0.265 e. The molecule has 0 aliphatic carbocycles. The fourth-order valence-corrected chi connectivity index (χ4v) is 2.05. The molecule has 0 bridgehead atoms. The summed E-state index contributed by atoms with van der Waals surface area (Å²) in [6.07, 6.45) is -0.592. The Balaban J connectivity index is 2.00. The Bertz CT molecular complexity index is 655. The van der Waals surface area contributed by atoms with E-state index in [1.165, 1.54) is 5.56 Å². The van der Waals surface area contributed by atoms with Gasteiger partial charge < -0.3 is 10.1 Å². The molecule has 21 heavy (non-hydrogen) atoms. The van der Waals surface area contributed by atoms with Crippen molar-refractivity contribution in [1.29, 1.82) is 0 Å². The molecule has 0 radical (unpaired) electrons. The molecule has 0 fully saturated rings. The van der Waals surface area contributed by atoms with E-state index in [0.29, 0.717) is 16.5 Å². The number of amides is 1. The van der Waals surface area contributed by atoms with Crippen LogP contribution in [0.3, 0.4) is 0 Å². The summed E-state index contributed by atoms with van der Waals surface area (Å²) in [7, 11) is 0. The second-order valence-corrected chi connectivity index (χ2v) is 5.44. The number of rotatable bonds is 4. The topological polar surface area (TPSA) is 38.3 Å². The van der Waals surface area contributed by atoms with Gasteiger partial charge in [0.25, 0.3) is 5.91 Å². The maximum Gasteiger partial charge on any atom is 0.265 e. The molecule has 0 saturated heterocycles. The molecule has 0 aliphatic heterocycles. The van der Waals surface area contributed by atoms with E-state index in [0.717, 1.165) is 5.56 Å². The highest BCUT2D eigenvalue weighted by Gasteiger charge is 2.15. The van der Waals surface area contributed by atoms with Gasteiger partial charge in [0.05, 0.1) is 0 Å². The Morgan fingerprint density at radius 1 is 1.14 bits per heavy atom. The summed E-state index contributed by atoms with van der Waals surface area (Å²) in [6.45, 7) is 5.77. The highest BCUT2D eigenvalue weighted by atomic mass is 35.5. The number of ether oxygens (including phenoxy) is 1. The number of anilines is 1. The van der Waals surface area contributed by atoms with Crippen LogP contribution < -0.4 is 10.1 Å². The first-order chi connectivity index (χ1) is 9.95. The third-order valence-corrected chi connectivity index (χ3v) is 3.49. The molecule has 0 aliphatic rings. The van der Waals surface area contributed by atoms with Gasteiger partial charge in [-0.15, -0.1) is 0 Å². The first kappa shape index (κ1) is 15.4. The molecule has 0 heterocycles. The molecule has 3 nitrogen and oxygen atoms in total. The summed E-state index contributed by atoms with van der Waals surface area (Å²) in [5, 5.41) is 3.36. The minimum atomic E-state index is -0.592. The van der Waals surface area contributed by atoms with Gasteiger partial charge >= 0.3 is 0 Å². The van der Waals surface area contributed by atoms with Crippen molar-refractivity contribution in [3.63, 3.8) is 0 Å². The molecule has 1 atom stereocenters. The van der Waals surface area contributed by atoms with Crippen LogP contribution in [0.5, 0.6) is 5.75 Å². The molecule has 1 amide bonds. The molecular formula is C17H18ClNO2. The first-order valence-electron chi connectivity index (χ1n) is 6.76. The predicted molar refractivity (Wildman–Crippen MR) is 86.1 cm³/mol. The van der Waals surface area contributed by atoms with Crippen molar-refractivity contribution >= 4 is 23.2 Å². The van der Waals surface area contributed by atoms with Gasteiger partial charge in [-0.05, 0) is 62.2 Å². The molecule has 2 rings (SSSR count). The predicted octanol–water partition coefficient (Wildman–Crippen LogP) is 4.36. The number of carbonyl (C=O) groups excluding carboxylic acids is 1. The van der Waals surface area contributed by atoms with Gasteiger partial charge in [0.1, 0.15) is 5.75 Å².